The van der Waals surface area contributed by atoms with E-state index in [-0.39, 0.29) is 6.01 Å². The molecular weight excluding hydrogens is 240 g/mol. The highest BCUT2D eigenvalue weighted by molar-refractivity contribution is 5.82. The van der Waals surface area contributed by atoms with E-state index < -0.39 is 0 Å². The molecule has 0 radical (unpaired) electrons. The lowest BCUT2D eigenvalue weighted by Crippen LogP contribution is -2.00. The van der Waals surface area contributed by atoms with Crippen molar-refractivity contribution in [1.29, 1.82) is 5.26 Å². The number of aromatic nitrogens is 3. The summed E-state index contributed by atoms with van der Waals surface area (Å²) in [6.07, 6.45) is 9.82. The van der Waals surface area contributed by atoms with Crippen LogP contribution in [0.1, 0.15) is 37.3 Å². The Hall–Kier alpha value is -2.53. The number of nitrogens with zero attached hydrogens (tertiary/aromatic N) is 4. The van der Waals surface area contributed by atoms with E-state index in [2.05, 4.69) is 28.9 Å². The Morgan fingerprint density at radius 3 is 2.89 bits per heavy atom. The number of terminal acetylenes is 1. The lowest BCUT2D eigenvalue weighted by molar-refractivity contribution is 0.397. The van der Waals surface area contributed by atoms with Crippen LogP contribution in [0.5, 0.6) is 6.01 Å². The molecule has 96 valence electrons. The first-order valence-electron chi connectivity index (χ1n) is 6.17. The highest BCUT2D eigenvalue weighted by Gasteiger charge is 2.16. The van der Waals surface area contributed by atoms with Gasteiger partial charge in [-0.15, -0.1) is 6.42 Å². The van der Waals surface area contributed by atoms with Crippen molar-refractivity contribution >= 4 is 11.2 Å². The molecule has 0 aliphatic carbocycles. The Balaban J connectivity index is 2.60. The number of nitriles is 1. The van der Waals surface area contributed by atoms with Crippen molar-refractivity contribution in [1.82, 2.24) is 14.5 Å². The molecule has 0 aromatic carbocycles. The summed E-state index contributed by atoms with van der Waals surface area (Å²) in [7, 11) is 0. The molecular formula is C14H14N4O. The van der Waals surface area contributed by atoms with Crippen LogP contribution < -0.4 is 0 Å². The van der Waals surface area contributed by atoms with Gasteiger partial charge in [0.15, 0.2) is 5.65 Å². The fourth-order valence-corrected chi connectivity index (χ4v) is 2.04. The molecule has 0 saturated heterocycles. The van der Waals surface area contributed by atoms with Crippen molar-refractivity contribution in [3.8, 4) is 24.4 Å². The average molecular weight is 254 g/mol. The van der Waals surface area contributed by atoms with Gasteiger partial charge in [-0.1, -0.05) is 25.7 Å². The summed E-state index contributed by atoms with van der Waals surface area (Å²) in [6, 6.07) is 1.96. The van der Waals surface area contributed by atoms with Gasteiger partial charge >= 0.3 is 0 Å². The van der Waals surface area contributed by atoms with E-state index in [0.717, 1.165) is 19.3 Å². The summed E-state index contributed by atoms with van der Waals surface area (Å²) < 4.78 is 1.61. The number of rotatable bonds is 4. The minimum absolute atomic E-state index is 0.121. The second-order valence-corrected chi connectivity index (χ2v) is 4.25. The van der Waals surface area contributed by atoms with Gasteiger partial charge in [0.2, 0.25) is 0 Å². The molecule has 2 heterocycles. The Morgan fingerprint density at radius 2 is 2.26 bits per heavy atom. The number of imidazole rings is 1. The molecule has 2 aromatic heterocycles. The van der Waals surface area contributed by atoms with E-state index in [4.69, 9.17) is 6.42 Å². The van der Waals surface area contributed by atoms with Crippen molar-refractivity contribution in [2.24, 2.45) is 0 Å². The van der Waals surface area contributed by atoms with Crippen LogP contribution in [0, 0.1) is 23.7 Å². The normalized spacial score (nSPS) is 10.3. The van der Waals surface area contributed by atoms with Gasteiger partial charge in [-0.05, 0) is 6.42 Å². The highest BCUT2D eigenvalue weighted by atomic mass is 16.3. The van der Waals surface area contributed by atoms with Crippen molar-refractivity contribution in [2.45, 2.75) is 32.7 Å². The number of hydrogen-bond donors (Lipinski definition) is 1. The van der Waals surface area contributed by atoms with Crippen LogP contribution in [0.3, 0.4) is 0 Å². The molecule has 1 N–H and O–H groups in total. The van der Waals surface area contributed by atoms with Crippen LogP contribution in [0.25, 0.3) is 11.2 Å². The number of hydrogen-bond acceptors (Lipinski definition) is 4. The largest absolute Gasteiger partial charge is 0.480 e. The Morgan fingerprint density at radius 1 is 1.47 bits per heavy atom. The molecule has 2 rings (SSSR count). The number of aryl methyl sites for hydroxylation is 1. The van der Waals surface area contributed by atoms with E-state index in [1.807, 2.05) is 0 Å². The predicted molar refractivity (Wildman–Crippen MR) is 71.4 cm³/mol. The Bertz CT molecular complexity index is 688. The molecule has 0 saturated carbocycles. The minimum Gasteiger partial charge on any atom is -0.480 e. The molecule has 0 unspecified atom stereocenters. The number of aromatic hydroxyl groups is 1. The van der Waals surface area contributed by atoms with Crippen LogP contribution in [0.2, 0.25) is 0 Å². The van der Waals surface area contributed by atoms with Crippen molar-refractivity contribution in [3.05, 3.63) is 17.3 Å². The van der Waals surface area contributed by atoms with Crippen LogP contribution in [-0.4, -0.2) is 19.6 Å². The van der Waals surface area contributed by atoms with Crippen LogP contribution in [0.15, 0.2) is 6.20 Å². The highest BCUT2D eigenvalue weighted by Crippen LogP contribution is 2.24. The smallest absolute Gasteiger partial charge is 0.296 e. The van der Waals surface area contributed by atoms with Gasteiger partial charge in [-0.3, -0.25) is 4.57 Å². The van der Waals surface area contributed by atoms with Gasteiger partial charge < -0.3 is 5.11 Å². The SMILES string of the molecule is C#Cc1cnc2nc(O)n(CCCCC)c2c1C#N. The van der Waals surface area contributed by atoms with E-state index >= 15 is 0 Å². The molecule has 5 heteroatoms. The third-order valence-corrected chi connectivity index (χ3v) is 3.00. The van der Waals surface area contributed by atoms with Gasteiger partial charge in [0.1, 0.15) is 11.6 Å². The van der Waals surface area contributed by atoms with Gasteiger partial charge in [0.05, 0.1) is 11.1 Å². The van der Waals surface area contributed by atoms with Crippen molar-refractivity contribution < 1.29 is 5.11 Å². The maximum atomic E-state index is 9.87. The monoisotopic (exact) mass is 254 g/mol. The molecule has 19 heavy (non-hydrogen) atoms. The zero-order valence-corrected chi connectivity index (χ0v) is 10.7. The van der Waals surface area contributed by atoms with Crippen LogP contribution >= 0.6 is 0 Å². The maximum Gasteiger partial charge on any atom is 0.296 e. The fourth-order valence-electron chi connectivity index (χ4n) is 2.04. The number of unbranched alkanes of at least 4 members (excludes halogenated alkanes) is 2. The Labute approximate surface area is 111 Å². The first-order chi connectivity index (χ1) is 9.22. The summed E-state index contributed by atoms with van der Waals surface area (Å²) in [5, 5.41) is 19.1. The van der Waals surface area contributed by atoms with Gasteiger partial charge in [0.25, 0.3) is 6.01 Å². The van der Waals surface area contributed by atoms with Gasteiger partial charge in [-0.2, -0.15) is 10.2 Å². The van der Waals surface area contributed by atoms with E-state index in [1.54, 1.807) is 4.57 Å². The summed E-state index contributed by atoms with van der Waals surface area (Å²) in [6.45, 7) is 2.70. The summed E-state index contributed by atoms with van der Waals surface area (Å²) in [4.78, 5) is 8.05. The first kappa shape index (κ1) is 12.9. The Kier molecular flexibility index (Phi) is 3.68. The van der Waals surface area contributed by atoms with Crippen molar-refractivity contribution in [3.63, 3.8) is 0 Å². The predicted octanol–water partition coefficient (Wildman–Crippen LogP) is 2.18. The van der Waals surface area contributed by atoms with E-state index in [1.165, 1.54) is 6.20 Å². The summed E-state index contributed by atoms with van der Waals surface area (Å²) >= 11 is 0. The molecule has 0 bridgehead atoms. The minimum atomic E-state index is -0.121. The number of fused-ring (bicyclic) bond motifs is 1. The molecule has 0 fully saturated rings. The molecule has 0 aliphatic heterocycles. The lowest BCUT2D eigenvalue weighted by atomic mass is 10.1. The second kappa shape index (κ2) is 5.41. The lowest BCUT2D eigenvalue weighted by Gasteiger charge is -2.06. The molecule has 0 atom stereocenters. The standard InChI is InChI=1S/C14H14N4O/c1-3-5-6-7-18-12-11(8-15)10(4-2)9-16-13(12)17-14(18)19/h2,9H,3,5-7H2,1H3,(H,16,17,19). The summed E-state index contributed by atoms with van der Waals surface area (Å²) in [5.74, 6) is 2.43. The number of pyridine rings is 1. The molecule has 5 nitrogen and oxygen atoms in total. The zero-order valence-electron chi connectivity index (χ0n) is 10.7. The first-order valence-corrected chi connectivity index (χ1v) is 6.17. The van der Waals surface area contributed by atoms with E-state index in [0.29, 0.717) is 28.8 Å². The quantitative estimate of drug-likeness (QED) is 0.670. The molecule has 2 aromatic rings. The van der Waals surface area contributed by atoms with E-state index in [9.17, 15) is 10.4 Å². The fraction of sp³-hybridized carbons (Fsp3) is 0.357. The topological polar surface area (TPSA) is 74.7 Å². The third kappa shape index (κ3) is 2.23. The zero-order chi connectivity index (χ0) is 13.8. The van der Waals surface area contributed by atoms with Crippen LogP contribution in [-0.2, 0) is 6.54 Å². The van der Waals surface area contributed by atoms with Gasteiger partial charge in [0, 0.05) is 12.7 Å². The average Bonchev–Trinajstić information content (AvgIpc) is 2.74. The van der Waals surface area contributed by atoms with Crippen LogP contribution in [0.4, 0.5) is 0 Å². The molecule has 0 spiro atoms. The molecule has 0 amide bonds. The van der Waals surface area contributed by atoms with Gasteiger partial charge in [-0.25, -0.2) is 4.98 Å². The summed E-state index contributed by atoms with van der Waals surface area (Å²) in [5.41, 5.74) is 1.64. The second-order valence-electron chi connectivity index (χ2n) is 4.25. The molecule has 0 aliphatic rings. The van der Waals surface area contributed by atoms with Crippen molar-refractivity contribution in [2.75, 3.05) is 0 Å². The maximum absolute atomic E-state index is 9.87. The third-order valence-electron chi connectivity index (χ3n) is 3.00.